The van der Waals surface area contributed by atoms with Crippen molar-refractivity contribution in [2.75, 3.05) is 23.7 Å². The molecule has 0 amide bonds. The van der Waals surface area contributed by atoms with Gasteiger partial charge in [0.1, 0.15) is 0 Å². The Morgan fingerprint density at radius 1 is 1.11 bits per heavy atom. The summed E-state index contributed by atoms with van der Waals surface area (Å²) in [6, 6.07) is 8.10. The van der Waals surface area contributed by atoms with Crippen LogP contribution < -0.4 is 10.6 Å². The molecule has 0 unspecified atom stereocenters. The van der Waals surface area contributed by atoms with Gasteiger partial charge in [-0.25, -0.2) is 0 Å². The molecular weight excluding hydrogens is 238 g/mol. The Labute approximate surface area is 112 Å². The van der Waals surface area contributed by atoms with Crippen molar-refractivity contribution >= 4 is 11.9 Å². The van der Waals surface area contributed by atoms with E-state index in [0.717, 1.165) is 18.7 Å². The predicted octanol–water partition coefficient (Wildman–Crippen LogP) is 2.03. The van der Waals surface area contributed by atoms with Gasteiger partial charge in [0.05, 0.1) is 0 Å². The van der Waals surface area contributed by atoms with Gasteiger partial charge in [-0.3, -0.25) is 0 Å². The summed E-state index contributed by atoms with van der Waals surface area (Å²) in [4.78, 5) is 15.2. The number of hydrogen-bond donors (Lipinski definition) is 1. The first-order chi connectivity index (χ1) is 9.22. The first-order valence-corrected chi connectivity index (χ1v) is 6.56. The topological polar surface area (TPSA) is 67.9 Å². The lowest BCUT2D eigenvalue weighted by atomic mass is 10.1. The second kappa shape index (κ2) is 4.84. The van der Waals surface area contributed by atoms with Crippen molar-refractivity contribution < 1.29 is 0 Å². The minimum atomic E-state index is 0.286. The van der Waals surface area contributed by atoms with E-state index >= 15 is 0 Å². The van der Waals surface area contributed by atoms with Crippen LogP contribution in [-0.4, -0.2) is 28.0 Å². The predicted molar refractivity (Wildman–Crippen MR) is 75.9 cm³/mol. The molecule has 2 N–H and O–H groups in total. The normalized spacial score (nSPS) is 14.9. The molecule has 0 spiro atoms. The summed E-state index contributed by atoms with van der Waals surface area (Å²) in [7, 11) is 0. The van der Waals surface area contributed by atoms with Gasteiger partial charge in [-0.15, -0.1) is 0 Å². The van der Waals surface area contributed by atoms with Crippen LogP contribution in [0.3, 0.4) is 0 Å². The maximum atomic E-state index is 5.81. The fraction of sp³-hybridized carbons (Fsp3) is 0.357. The summed E-state index contributed by atoms with van der Waals surface area (Å²) in [5, 5.41) is 0. The molecule has 0 radical (unpaired) electrons. The Morgan fingerprint density at radius 3 is 2.63 bits per heavy atom. The molecule has 5 heteroatoms. The van der Waals surface area contributed by atoms with Gasteiger partial charge in [-0.1, -0.05) is 23.8 Å². The highest BCUT2D eigenvalue weighted by Crippen LogP contribution is 2.21. The number of aryl methyl sites for hydroxylation is 1. The van der Waals surface area contributed by atoms with E-state index < -0.39 is 0 Å². The zero-order chi connectivity index (χ0) is 13.2. The SMILES string of the molecule is Cc1cccc(-c2nc(N)nc(N3CCCC3)n2)c1. The van der Waals surface area contributed by atoms with Gasteiger partial charge in [0, 0.05) is 18.7 Å². The number of nitrogens with zero attached hydrogens (tertiary/aromatic N) is 4. The van der Waals surface area contributed by atoms with E-state index in [-0.39, 0.29) is 5.95 Å². The molecule has 19 heavy (non-hydrogen) atoms. The molecule has 1 saturated heterocycles. The van der Waals surface area contributed by atoms with E-state index in [1.165, 1.54) is 18.4 Å². The van der Waals surface area contributed by atoms with Crippen LogP contribution in [-0.2, 0) is 0 Å². The molecule has 2 heterocycles. The molecule has 2 aromatic rings. The van der Waals surface area contributed by atoms with Crippen molar-refractivity contribution in [1.82, 2.24) is 15.0 Å². The van der Waals surface area contributed by atoms with Crippen LogP contribution in [0.5, 0.6) is 0 Å². The summed E-state index contributed by atoms with van der Waals surface area (Å²) in [5.74, 6) is 1.63. The van der Waals surface area contributed by atoms with E-state index in [9.17, 15) is 0 Å². The zero-order valence-electron chi connectivity index (χ0n) is 11.0. The number of nitrogen functional groups attached to an aromatic ring is 1. The molecule has 3 rings (SSSR count). The Morgan fingerprint density at radius 2 is 1.89 bits per heavy atom. The highest BCUT2D eigenvalue weighted by Gasteiger charge is 2.17. The molecule has 0 bridgehead atoms. The van der Waals surface area contributed by atoms with E-state index in [2.05, 4.69) is 38.9 Å². The van der Waals surface area contributed by atoms with Crippen LogP contribution in [0.4, 0.5) is 11.9 Å². The molecule has 98 valence electrons. The number of anilines is 2. The first-order valence-electron chi connectivity index (χ1n) is 6.56. The smallest absolute Gasteiger partial charge is 0.230 e. The van der Waals surface area contributed by atoms with Crippen LogP contribution >= 0.6 is 0 Å². The molecule has 1 aromatic carbocycles. The van der Waals surface area contributed by atoms with Crippen molar-refractivity contribution in [3.63, 3.8) is 0 Å². The maximum absolute atomic E-state index is 5.81. The molecule has 0 aliphatic carbocycles. The average Bonchev–Trinajstić information content (AvgIpc) is 2.92. The third-order valence-electron chi connectivity index (χ3n) is 3.31. The molecule has 0 saturated carbocycles. The second-order valence-corrected chi connectivity index (χ2v) is 4.88. The molecular formula is C14H17N5. The summed E-state index contributed by atoms with van der Waals surface area (Å²) >= 11 is 0. The molecule has 1 fully saturated rings. The summed E-state index contributed by atoms with van der Waals surface area (Å²) < 4.78 is 0. The van der Waals surface area contributed by atoms with E-state index in [1.807, 2.05) is 12.1 Å². The Balaban J connectivity index is 2.01. The monoisotopic (exact) mass is 255 g/mol. The minimum absolute atomic E-state index is 0.286. The van der Waals surface area contributed by atoms with Crippen molar-refractivity contribution in [1.29, 1.82) is 0 Å². The molecule has 1 aromatic heterocycles. The van der Waals surface area contributed by atoms with E-state index in [4.69, 9.17) is 5.73 Å². The molecule has 0 atom stereocenters. The number of hydrogen-bond acceptors (Lipinski definition) is 5. The van der Waals surface area contributed by atoms with Gasteiger partial charge in [-0.05, 0) is 25.8 Å². The van der Waals surface area contributed by atoms with E-state index in [0.29, 0.717) is 11.8 Å². The van der Waals surface area contributed by atoms with Crippen molar-refractivity contribution in [3.8, 4) is 11.4 Å². The van der Waals surface area contributed by atoms with Crippen molar-refractivity contribution in [2.45, 2.75) is 19.8 Å². The summed E-state index contributed by atoms with van der Waals surface area (Å²) in [6.45, 7) is 4.04. The third kappa shape index (κ3) is 2.50. The van der Waals surface area contributed by atoms with Crippen molar-refractivity contribution in [3.05, 3.63) is 29.8 Å². The van der Waals surface area contributed by atoms with Crippen LogP contribution in [0.2, 0.25) is 0 Å². The van der Waals surface area contributed by atoms with Crippen LogP contribution in [0.15, 0.2) is 24.3 Å². The Bertz CT molecular complexity index is 590. The van der Waals surface area contributed by atoms with Gasteiger partial charge in [0.15, 0.2) is 5.82 Å². The van der Waals surface area contributed by atoms with Crippen molar-refractivity contribution in [2.24, 2.45) is 0 Å². The Hall–Kier alpha value is -2.17. The minimum Gasteiger partial charge on any atom is -0.368 e. The van der Waals surface area contributed by atoms with Gasteiger partial charge in [-0.2, -0.15) is 15.0 Å². The second-order valence-electron chi connectivity index (χ2n) is 4.88. The summed E-state index contributed by atoms with van der Waals surface area (Å²) in [6.07, 6.45) is 2.37. The maximum Gasteiger partial charge on any atom is 0.230 e. The molecule has 1 aliphatic rings. The van der Waals surface area contributed by atoms with Crippen LogP contribution in [0.1, 0.15) is 18.4 Å². The number of aromatic nitrogens is 3. The standard InChI is InChI=1S/C14H17N5/c1-10-5-4-6-11(9-10)12-16-13(15)18-14(17-12)19-7-2-3-8-19/h4-6,9H,2-3,7-8H2,1H3,(H2,15,16,17,18). The first kappa shape index (κ1) is 11.9. The fourth-order valence-electron chi connectivity index (χ4n) is 2.35. The average molecular weight is 255 g/mol. The van der Waals surface area contributed by atoms with E-state index in [1.54, 1.807) is 0 Å². The summed E-state index contributed by atoms with van der Waals surface area (Å²) in [5.41, 5.74) is 7.97. The lowest BCUT2D eigenvalue weighted by Gasteiger charge is -2.15. The number of benzene rings is 1. The lowest BCUT2D eigenvalue weighted by molar-refractivity contribution is 0.887. The van der Waals surface area contributed by atoms with Crippen LogP contribution in [0.25, 0.3) is 11.4 Å². The van der Waals surface area contributed by atoms with Gasteiger partial charge in [0.25, 0.3) is 0 Å². The number of rotatable bonds is 2. The van der Waals surface area contributed by atoms with Gasteiger partial charge >= 0.3 is 0 Å². The Kier molecular flexibility index (Phi) is 3.03. The quantitative estimate of drug-likeness (QED) is 0.889. The third-order valence-corrected chi connectivity index (χ3v) is 3.31. The van der Waals surface area contributed by atoms with Crippen LogP contribution in [0, 0.1) is 6.92 Å². The highest BCUT2D eigenvalue weighted by atomic mass is 15.3. The van der Waals surface area contributed by atoms with Gasteiger partial charge in [0.2, 0.25) is 11.9 Å². The molecule has 1 aliphatic heterocycles. The highest BCUT2D eigenvalue weighted by molar-refractivity contribution is 5.58. The zero-order valence-corrected chi connectivity index (χ0v) is 11.0. The lowest BCUT2D eigenvalue weighted by Crippen LogP contribution is -2.21. The van der Waals surface area contributed by atoms with Gasteiger partial charge < -0.3 is 10.6 Å². The molecule has 5 nitrogen and oxygen atoms in total. The fourth-order valence-corrected chi connectivity index (χ4v) is 2.35. The largest absolute Gasteiger partial charge is 0.368 e. The number of nitrogens with two attached hydrogens (primary N) is 1.